The summed E-state index contributed by atoms with van der Waals surface area (Å²) < 4.78 is 16.8. The first-order valence-corrected chi connectivity index (χ1v) is 23.2. The van der Waals surface area contributed by atoms with Crippen LogP contribution < -0.4 is 13.6 Å². The minimum absolute atomic E-state index is 0.601. The Bertz CT molecular complexity index is 1230. The van der Waals surface area contributed by atoms with Gasteiger partial charge in [0.2, 0.25) is 0 Å². The number of aryl methyl sites for hydroxylation is 3. The molecule has 0 spiro atoms. The van der Waals surface area contributed by atoms with Crippen LogP contribution in [0.3, 0.4) is 0 Å². The molecule has 0 fully saturated rings. The zero-order valence-corrected chi connectivity index (χ0v) is 35.1. The van der Waals surface area contributed by atoms with E-state index in [4.69, 9.17) is 23.4 Å². The average molecular weight is 771 g/mol. The molecule has 3 aromatic rings. The topological polar surface area (TPSA) is 88.4 Å². The van der Waals surface area contributed by atoms with Gasteiger partial charge in [0.15, 0.2) is 0 Å². The van der Waals surface area contributed by atoms with E-state index in [0.29, 0.717) is 5.75 Å². The lowest BCUT2D eigenvalue weighted by atomic mass is 10.0. The highest BCUT2D eigenvalue weighted by Gasteiger charge is 2.16. The van der Waals surface area contributed by atoms with Gasteiger partial charge >= 0.3 is 17.2 Å². The zero-order valence-electron chi connectivity index (χ0n) is 33.4. The van der Waals surface area contributed by atoms with Crippen molar-refractivity contribution in [2.75, 3.05) is 0 Å². The largest absolute Gasteiger partial charge is 0.460 e. The smallest absolute Gasteiger partial charge is 0.427 e. The summed E-state index contributed by atoms with van der Waals surface area (Å²) in [5.74, 6) is 2.09. The molecule has 53 heavy (non-hydrogen) atoms. The summed E-state index contributed by atoms with van der Waals surface area (Å²) in [6.07, 6.45) is 29.9. The van der Waals surface area contributed by atoms with Gasteiger partial charge in [0.05, 0.1) is 0 Å². The van der Waals surface area contributed by atoms with Crippen molar-refractivity contribution in [2.45, 2.75) is 175 Å². The first-order valence-electron chi connectivity index (χ1n) is 20.9. The Hall–Kier alpha value is -2.20. The van der Waals surface area contributed by atoms with E-state index in [9.17, 15) is 4.89 Å². The predicted molar refractivity (Wildman–Crippen MR) is 227 cm³/mol. The third kappa shape index (κ3) is 23.4. The van der Waals surface area contributed by atoms with Crippen LogP contribution >= 0.6 is 17.2 Å². The third-order valence-electron chi connectivity index (χ3n) is 9.60. The Labute approximate surface area is 326 Å². The minimum Gasteiger partial charge on any atom is -0.427 e. The molecule has 0 aliphatic rings. The maximum Gasteiger partial charge on any atom is 0.460 e. The maximum absolute atomic E-state index is 10.6. The molecule has 0 unspecified atom stereocenters. The van der Waals surface area contributed by atoms with Gasteiger partial charge in [-0.2, -0.15) is 0 Å². The molecule has 0 amide bonds. The van der Waals surface area contributed by atoms with Crippen molar-refractivity contribution in [3.05, 3.63) is 89.5 Å². The maximum atomic E-state index is 10.6. The van der Waals surface area contributed by atoms with Gasteiger partial charge in [-0.1, -0.05) is 191 Å². The van der Waals surface area contributed by atoms with Crippen molar-refractivity contribution < 1.29 is 28.3 Å². The van der Waals surface area contributed by atoms with Crippen LogP contribution in [0.4, 0.5) is 0 Å². The third-order valence-corrected chi connectivity index (χ3v) is 10.7. The Morgan fingerprint density at radius 2 is 0.623 bits per heavy atom. The summed E-state index contributed by atoms with van der Waals surface area (Å²) in [6.45, 7) is 6.74. The van der Waals surface area contributed by atoms with Crippen LogP contribution in [-0.4, -0.2) is 14.7 Å². The second kappa shape index (κ2) is 32.1. The van der Waals surface area contributed by atoms with Gasteiger partial charge in [0.25, 0.3) is 0 Å². The average Bonchev–Trinajstić information content (AvgIpc) is 3.15. The quantitative estimate of drug-likeness (QED) is 0.0462. The normalized spacial score (nSPS) is 11.1. The van der Waals surface area contributed by atoms with Crippen LogP contribution in [0.1, 0.15) is 172 Å². The van der Waals surface area contributed by atoms with Crippen molar-refractivity contribution in [3.8, 4) is 17.2 Å². The summed E-state index contributed by atoms with van der Waals surface area (Å²) in [5, 5.41) is 0. The fourth-order valence-corrected chi connectivity index (χ4v) is 7.57. The first-order chi connectivity index (χ1) is 26.0. The molecule has 8 heteroatoms. The molecule has 3 N–H and O–H groups in total. The Kier molecular flexibility index (Phi) is 28.4. The zero-order chi connectivity index (χ0) is 38.2. The summed E-state index contributed by atoms with van der Waals surface area (Å²) in [6, 6.07) is 23.7. The fourth-order valence-electron chi connectivity index (χ4n) is 6.49. The van der Waals surface area contributed by atoms with Crippen molar-refractivity contribution in [2.24, 2.45) is 0 Å². The van der Waals surface area contributed by atoms with E-state index >= 15 is 0 Å². The molecule has 0 bridgehead atoms. The van der Waals surface area contributed by atoms with Crippen molar-refractivity contribution in [1.29, 1.82) is 0 Å². The molecule has 0 aliphatic carbocycles. The first kappa shape index (κ1) is 47.0. The molecule has 6 nitrogen and oxygen atoms in total. The molecule has 0 aliphatic heterocycles. The van der Waals surface area contributed by atoms with Crippen LogP contribution in [-0.2, 0) is 19.3 Å². The van der Waals surface area contributed by atoms with Gasteiger partial charge in [0.1, 0.15) is 17.2 Å². The lowest BCUT2D eigenvalue weighted by Gasteiger charge is -2.17. The van der Waals surface area contributed by atoms with Gasteiger partial charge < -0.3 is 28.3 Å². The van der Waals surface area contributed by atoms with Crippen molar-refractivity contribution >= 4 is 17.2 Å². The second-order valence-corrected chi connectivity index (χ2v) is 15.7. The van der Waals surface area contributed by atoms with E-state index in [1.165, 1.54) is 116 Å². The summed E-state index contributed by atoms with van der Waals surface area (Å²) in [7, 11) is -4.34. The summed E-state index contributed by atoms with van der Waals surface area (Å²) in [4.78, 5) is 28.5. The predicted octanol–water partition coefficient (Wildman–Crippen LogP) is 14.5. The summed E-state index contributed by atoms with van der Waals surface area (Å²) in [5.41, 5.74) is 3.36. The highest BCUT2D eigenvalue weighted by Crippen LogP contribution is 2.40. The molecular weight excluding hydrogens is 698 g/mol. The number of hydrogen-bond donors (Lipinski definition) is 3. The molecule has 0 aromatic heterocycles. The van der Waals surface area contributed by atoms with Gasteiger partial charge in [-0.15, -0.1) is 0 Å². The van der Waals surface area contributed by atoms with Crippen LogP contribution in [0.2, 0.25) is 0 Å². The van der Waals surface area contributed by atoms with Crippen molar-refractivity contribution in [1.82, 2.24) is 0 Å². The lowest BCUT2D eigenvalue weighted by Crippen LogP contribution is -2.00. The second-order valence-electron chi connectivity index (χ2n) is 14.2. The van der Waals surface area contributed by atoms with E-state index < -0.39 is 17.2 Å². The Morgan fingerprint density at radius 1 is 0.358 bits per heavy atom. The van der Waals surface area contributed by atoms with Crippen LogP contribution in [0.25, 0.3) is 0 Å². The van der Waals surface area contributed by atoms with E-state index in [1.54, 1.807) is 6.07 Å². The van der Waals surface area contributed by atoms with Gasteiger partial charge in [-0.25, -0.2) is 0 Å². The number of benzene rings is 3. The fraction of sp³-hybridized carbons (Fsp3) is 0.600. The molecule has 0 saturated carbocycles. The van der Waals surface area contributed by atoms with Crippen LogP contribution in [0.15, 0.2) is 72.8 Å². The van der Waals surface area contributed by atoms with Gasteiger partial charge in [-0.3, -0.25) is 0 Å². The lowest BCUT2D eigenvalue weighted by molar-refractivity contribution is 0.372. The van der Waals surface area contributed by atoms with E-state index in [-0.39, 0.29) is 0 Å². The number of para-hydroxylation sites is 3. The van der Waals surface area contributed by atoms with Crippen molar-refractivity contribution in [3.63, 3.8) is 0 Å². The van der Waals surface area contributed by atoms with Gasteiger partial charge in [-0.05, 0) is 73.4 Å². The molecule has 0 saturated heterocycles. The van der Waals surface area contributed by atoms with Crippen LogP contribution in [0, 0.1) is 0 Å². The van der Waals surface area contributed by atoms with E-state index in [2.05, 4.69) is 32.9 Å². The van der Waals surface area contributed by atoms with Crippen LogP contribution in [0.5, 0.6) is 17.2 Å². The highest BCUT2D eigenvalue weighted by atomic mass is 31.2. The summed E-state index contributed by atoms with van der Waals surface area (Å²) >= 11 is 0. The standard InChI is InChI=1S/C30H47O3P.C15H25O3P/c1-3-5-7-9-11-13-15-21-27-23-17-19-25-29(27)32-34(31)33-30-26-20-18-24-28(30)22-16-14-12-10-8-6-4-2;1-2-3-4-5-6-7-8-11-14-12-9-10-13-15(14)18-19(16)17/h17-20,23-26,31H,3-16,21-22H2,1-2H3;9-10,12-13,16-17H,2-8,11H2,1H3. The number of hydrogen-bond acceptors (Lipinski definition) is 6. The molecule has 298 valence electrons. The molecule has 0 heterocycles. The number of unbranched alkanes of at least 4 members (excludes halogenated alkanes) is 18. The molecule has 3 aromatic carbocycles. The van der Waals surface area contributed by atoms with E-state index in [0.717, 1.165) is 66.7 Å². The molecule has 0 atom stereocenters. The Balaban J connectivity index is 0.000000432. The number of rotatable bonds is 30. The Morgan fingerprint density at radius 3 is 0.925 bits per heavy atom. The monoisotopic (exact) mass is 770 g/mol. The highest BCUT2D eigenvalue weighted by molar-refractivity contribution is 7.41. The minimum atomic E-state index is -2.32. The van der Waals surface area contributed by atoms with Gasteiger partial charge in [0, 0.05) is 0 Å². The molecule has 3 rings (SSSR count). The molecule has 0 radical (unpaired) electrons. The molecular formula is C45H72O6P2. The van der Waals surface area contributed by atoms with E-state index in [1.807, 2.05) is 54.6 Å². The SMILES string of the molecule is CCCCCCCCCc1ccccc1OP(O)O.CCCCCCCCCc1ccccc1OP(O)Oc1ccccc1CCCCCCCCC.